The molecule has 5 heteroatoms. The number of hydrogen-bond donors (Lipinski definition) is 0. The van der Waals surface area contributed by atoms with E-state index in [1.165, 1.54) is 5.56 Å². The lowest BCUT2D eigenvalue weighted by molar-refractivity contribution is -0.139. The molecule has 2 heterocycles. The van der Waals surface area contributed by atoms with Crippen LogP contribution in [-0.4, -0.2) is 52.4 Å². The Morgan fingerprint density at radius 3 is 2.20 bits per heavy atom. The lowest BCUT2D eigenvalue weighted by Crippen LogP contribution is -2.51. The zero-order valence-corrected chi connectivity index (χ0v) is 17.6. The van der Waals surface area contributed by atoms with Gasteiger partial charge in [0.15, 0.2) is 0 Å². The SMILES string of the molecule is Cc1cc2ccccc2n1CC(=O)N1CCN(C(=O)CCCc2ccccc2)CC1. The van der Waals surface area contributed by atoms with Crippen LogP contribution in [0.2, 0.25) is 0 Å². The lowest BCUT2D eigenvalue weighted by atomic mass is 10.1. The summed E-state index contributed by atoms with van der Waals surface area (Å²) < 4.78 is 2.08. The van der Waals surface area contributed by atoms with E-state index in [0.29, 0.717) is 39.1 Å². The molecule has 0 atom stereocenters. The van der Waals surface area contributed by atoms with E-state index in [-0.39, 0.29) is 11.8 Å². The highest BCUT2D eigenvalue weighted by molar-refractivity contribution is 5.84. The molecule has 1 aliphatic heterocycles. The van der Waals surface area contributed by atoms with Crippen LogP contribution < -0.4 is 0 Å². The van der Waals surface area contributed by atoms with Gasteiger partial charge in [0.05, 0.1) is 0 Å². The summed E-state index contributed by atoms with van der Waals surface area (Å²) in [6.45, 7) is 4.87. The van der Waals surface area contributed by atoms with Gasteiger partial charge in [-0.25, -0.2) is 0 Å². The fourth-order valence-corrected chi connectivity index (χ4v) is 4.25. The number of benzene rings is 2. The van der Waals surface area contributed by atoms with Gasteiger partial charge >= 0.3 is 0 Å². The smallest absolute Gasteiger partial charge is 0.242 e. The fourth-order valence-electron chi connectivity index (χ4n) is 4.25. The summed E-state index contributed by atoms with van der Waals surface area (Å²) in [6.07, 6.45) is 2.36. The first-order valence-electron chi connectivity index (χ1n) is 10.8. The van der Waals surface area contributed by atoms with Crippen molar-refractivity contribution < 1.29 is 9.59 Å². The van der Waals surface area contributed by atoms with E-state index in [1.54, 1.807) is 0 Å². The number of carbonyl (C=O) groups excluding carboxylic acids is 2. The van der Waals surface area contributed by atoms with Crippen molar-refractivity contribution in [1.82, 2.24) is 14.4 Å². The predicted molar refractivity (Wildman–Crippen MR) is 119 cm³/mol. The number of nitrogens with zero attached hydrogens (tertiary/aromatic N) is 3. The van der Waals surface area contributed by atoms with Crippen LogP contribution in [-0.2, 0) is 22.6 Å². The van der Waals surface area contributed by atoms with Crippen LogP contribution in [0.4, 0.5) is 0 Å². The van der Waals surface area contributed by atoms with Crippen LogP contribution in [0.25, 0.3) is 10.9 Å². The minimum atomic E-state index is 0.121. The molecular weight excluding hydrogens is 374 g/mol. The van der Waals surface area contributed by atoms with Gasteiger partial charge in [0, 0.05) is 43.8 Å². The van der Waals surface area contributed by atoms with Crippen molar-refractivity contribution in [2.24, 2.45) is 0 Å². The monoisotopic (exact) mass is 403 g/mol. The van der Waals surface area contributed by atoms with Crippen LogP contribution >= 0.6 is 0 Å². The Balaban J connectivity index is 1.26. The van der Waals surface area contributed by atoms with Gasteiger partial charge in [0.1, 0.15) is 6.54 Å². The van der Waals surface area contributed by atoms with Crippen LogP contribution in [0.3, 0.4) is 0 Å². The van der Waals surface area contributed by atoms with Crippen molar-refractivity contribution in [3.05, 3.63) is 71.9 Å². The number of aromatic nitrogens is 1. The maximum atomic E-state index is 12.9. The van der Waals surface area contributed by atoms with Gasteiger partial charge in [0.2, 0.25) is 11.8 Å². The van der Waals surface area contributed by atoms with Gasteiger partial charge in [0.25, 0.3) is 0 Å². The molecule has 0 radical (unpaired) electrons. The highest BCUT2D eigenvalue weighted by Gasteiger charge is 2.24. The third-order valence-electron chi connectivity index (χ3n) is 6.00. The lowest BCUT2D eigenvalue weighted by Gasteiger charge is -2.35. The van der Waals surface area contributed by atoms with Crippen LogP contribution in [0.1, 0.15) is 24.1 Å². The van der Waals surface area contributed by atoms with Crippen molar-refractivity contribution in [1.29, 1.82) is 0 Å². The van der Waals surface area contributed by atoms with E-state index in [4.69, 9.17) is 0 Å². The fraction of sp³-hybridized carbons (Fsp3) is 0.360. The van der Waals surface area contributed by atoms with Crippen molar-refractivity contribution in [3.8, 4) is 0 Å². The third kappa shape index (κ3) is 4.56. The molecule has 1 saturated heterocycles. The highest BCUT2D eigenvalue weighted by Crippen LogP contribution is 2.19. The molecule has 0 unspecified atom stereocenters. The van der Waals surface area contributed by atoms with Crippen molar-refractivity contribution >= 4 is 22.7 Å². The second-order valence-electron chi connectivity index (χ2n) is 8.03. The van der Waals surface area contributed by atoms with E-state index < -0.39 is 0 Å². The summed E-state index contributed by atoms with van der Waals surface area (Å²) in [5.74, 6) is 0.320. The first-order valence-corrected chi connectivity index (χ1v) is 10.8. The average molecular weight is 404 g/mol. The van der Waals surface area contributed by atoms with Crippen LogP contribution in [0, 0.1) is 6.92 Å². The number of hydrogen-bond acceptors (Lipinski definition) is 2. The van der Waals surface area contributed by atoms with E-state index >= 15 is 0 Å². The standard InChI is InChI=1S/C25H29N3O2/c1-20-18-22-11-5-6-12-23(22)28(20)19-25(30)27-16-14-26(15-17-27)24(29)13-7-10-21-8-3-2-4-9-21/h2-6,8-9,11-12,18H,7,10,13-17,19H2,1H3. The maximum Gasteiger partial charge on any atom is 0.242 e. The number of para-hydroxylation sites is 1. The van der Waals surface area contributed by atoms with E-state index in [9.17, 15) is 9.59 Å². The van der Waals surface area contributed by atoms with Crippen LogP contribution in [0.5, 0.6) is 0 Å². The predicted octanol–water partition coefficient (Wildman–Crippen LogP) is 3.64. The van der Waals surface area contributed by atoms with Gasteiger partial charge in [-0.05, 0) is 42.8 Å². The van der Waals surface area contributed by atoms with Crippen molar-refractivity contribution in [2.75, 3.05) is 26.2 Å². The molecule has 156 valence electrons. The molecule has 1 fully saturated rings. The molecular formula is C25H29N3O2. The number of rotatable bonds is 6. The summed E-state index contributed by atoms with van der Waals surface area (Å²) in [6, 6.07) is 20.6. The van der Waals surface area contributed by atoms with Crippen LogP contribution in [0.15, 0.2) is 60.7 Å². The van der Waals surface area contributed by atoms with Crippen molar-refractivity contribution in [2.45, 2.75) is 32.7 Å². The van der Waals surface area contributed by atoms with Gasteiger partial charge < -0.3 is 14.4 Å². The molecule has 0 saturated carbocycles. The molecule has 0 bridgehead atoms. The number of fused-ring (bicyclic) bond motifs is 1. The normalized spacial score (nSPS) is 14.3. The Labute approximate surface area is 177 Å². The van der Waals surface area contributed by atoms with E-state index in [1.807, 2.05) is 47.1 Å². The molecule has 0 aliphatic carbocycles. The Morgan fingerprint density at radius 1 is 0.833 bits per heavy atom. The molecule has 1 aliphatic rings. The third-order valence-corrected chi connectivity index (χ3v) is 6.00. The molecule has 3 aromatic rings. The molecule has 4 rings (SSSR count). The van der Waals surface area contributed by atoms with E-state index in [2.05, 4.69) is 34.9 Å². The molecule has 2 aromatic carbocycles. The second-order valence-corrected chi connectivity index (χ2v) is 8.03. The quantitative estimate of drug-likeness (QED) is 0.631. The zero-order valence-electron chi connectivity index (χ0n) is 17.6. The van der Waals surface area contributed by atoms with Gasteiger partial charge in [-0.15, -0.1) is 0 Å². The summed E-state index contributed by atoms with van der Waals surface area (Å²) in [7, 11) is 0. The Bertz CT molecular complexity index is 1020. The number of amides is 2. The number of carbonyl (C=O) groups is 2. The average Bonchev–Trinajstić information content (AvgIpc) is 3.09. The number of piperazine rings is 1. The maximum absolute atomic E-state index is 12.9. The van der Waals surface area contributed by atoms with E-state index in [0.717, 1.165) is 29.4 Å². The Kier molecular flexibility index (Phi) is 6.17. The van der Waals surface area contributed by atoms with Gasteiger partial charge in [-0.3, -0.25) is 9.59 Å². The number of aryl methyl sites for hydroxylation is 2. The summed E-state index contributed by atoms with van der Waals surface area (Å²) in [5.41, 5.74) is 3.46. The second kappa shape index (κ2) is 9.16. The first kappa shape index (κ1) is 20.2. The minimum absolute atomic E-state index is 0.121. The molecule has 30 heavy (non-hydrogen) atoms. The van der Waals surface area contributed by atoms with Crippen molar-refractivity contribution in [3.63, 3.8) is 0 Å². The highest BCUT2D eigenvalue weighted by atomic mass is 16.2. The summed E-state index contributed by atoms with van der Waals surface area (Å²) >= 11 is 0. The molecule has 2 amide bonds. The zero-order chi connectivity index (χ0) is 20.9. The molecule has 5 nitrogen and oxygen atoms in total. The Hall–Kier alpha value is -3.08. The largest absolute Gasteiger partial charge is 0.339 e. The summed E-state index contributed by atoms with van der Waals surface area (Å²) in [4.78, 5) is 29.2. The minimum Gasteiger partial charge on any atom is -0.339 e. The molecule has 1 aromatic heterocycles. The Morgan fingerprint density at radius 2 is 1.47 bits per heavy atom. The molecule has 0 spiro atoms. The van der Waals surface area contributed by atoms with Gasteiger partial charge in [-0.2, -0.15) is 0 Å². The topological polar surface area (TPSA) is 45.6 Å². The van der Waals surface area contributed by atoms with Gasteiger partial charge in [-0.1, -0.05) is 48.5 Å². The molecule has 0 N–H and O–H groups in total. The first-order chi connectivity index (χ1) is 14.6. The summed E-state index contributed by atoms with van der Waals surface area (Å²) in [5, 5.41) is 1.16.